The lowest BCUT2D eigenvalue weighted by Crippen LogP contribution is -2.36. The zero-order chi connectivity index (χ0) is 18.1. The van der Waals surface area contributed by atoms with E-state index in [2.05, 4.69) is 15.6 Å². The topological polar surface area (TPSA) is 93.7 Å². The minimum Gasteiger partial charge on any atom is -0.484 e. The predicted molar refractivity (Wildman–Crippen MR) is 98.2 cm³/mol. The Hall–Kier alpha value is -2.96. The second kappa shape index (κ2) is 9.36. The summed E-state index contributed by atoms with van der Waals surface area (Å²) in [6.45, 7) is 3.88. The Bertz CT molecular complexity index is 724. The standard InChI is InChI=1S/C18H25N5O2/c1-3-20-18(22-11-15-7-8-23(2)12-15)21-10-14-5-4-6-16(9-14)25-13-17(19)24/h4-9,12H,3,10-11,13H2,1-2H3,(H2,19,24)(H2,20,21,22). The van der Waals surface area contributed by atoms with E-state index < -0.39 is 5.91 Å². The number of carbonyl (C=O) groups excluding carboxylic acids is 1. The molecule has 0 saturated heterocycles. The molecule has 0 radical (unpaired) electrons. The third-order valence-electron chi connectivity index (χ3n) is 3.40. The molecule has 0 spiro atoms. The number of aromatic nitrogens is 1. The minimum absolute atomic E-state index is 0.127. The summed E-state index contributed by atoms with van der Waals surface area (Å²) in [4.78, 5) is 15.4. The number of carbonyl (C=O) groups is 1. The Morgan fingerprint density at radius 3 is 2.80 bits per heavy atom. The summed E-state index contributed by atoms with van der Waals surface area (Å²) < 4.78 is 7.32. The van der Waals surface area contributed by atoms with E-state index >= 15 is 0 Å². The molecule has 2 aromatic rings. The van der Waals surface area contributed by atoms with Gasteiger partial charge in [-0.15, -0.1) is 0 Å². The van der Waals surface area contributed by atoms with Gasteiger partial charge in [-0.3, -0.25) is 4.79 Å². The molecule has 0 aliphatic carbocycles. The molecule has 0 aliphatic heterocycles. The number of primary amides is 1. The van der Waals surface area contributed by atoms with Gasteiger partial charge in [0.1, 0.15) is 5.75 Å². The smallest absolute Gasteiger partial charge is 0.255 e. The van der Waals surface area contributed by atoms with Crippen LogP contribution < -0.4 is 21.1 Å². The SMILES string of the molecule is CCNC(=NCc1ccn(C)c1)NCc1cccc(OCC(N)=O)c1. The Balaban J connectivity index is 1.93. The van der Waals surface area contributed by atoms with Crippen LogP contribution in [0.4, 0.5) is 0 Å². The van der Waals surface area contributed by atoms with E-state index in [1.54, 1.807) is 6.07 Å². The van der Waals surface area contributed by atoms with E-state index in [1.807, 2.05) is 55.2 Å². The molecule has 0 fully saturated rings. The predicted octanol–water partition coefficient (Wildman–Crippen LogP) is 1.14. The van der Waals surface area contributed by atoms with Gasteiger partial charge in [0.15, 0.2) is 12.6 Å². The summed E-state index contributed by atoms with van der Waals surface area (Å²) in [7, 11) is 1.99. The van der Waals surface area contributed by atoms with Gasteiger partial charge in [-0.1, -0.05) is 12.1 Å². The van der Waals surface area contributed by atoms with Gasteiger partial charge >= 0.3 is 0 Å². The van der Waals surface area contributed by atoms with Crippen molar-refractivity contribution in [2.24, 2.45) is 17.8 Å². The van der Waals surface area contributed by atoms with Crippen molar-refractivity contribution in [3.05, 3.63) is 53.9 Å². The number of guanidine groups is 1. The molecule has 0 bridgehead atoms. The number of aliphatic imine (C=N–C) groups is 1. The fourth-order valence-corrected chi connectivity index (χ4v) is 2.25. The van der Waals surface area contributed by atoms with Crippen LogP contribution in [0.2, 0.25) is 0 Å². The van der Waals surface area contributed by atoms with Crippen LogP contribution in [0.5, 0.6) is 5.75 Å². The van der Waals surface area contributed by atoms with Crippen molar-refractivity contribution in [2.45, 2.75) is 20.0 Å². The average molecular weight is 343 g/mol. The lowest BCUT2D eigenvalue weighted by molar-refractivity contribution is -0.119. The van der Waals surface area contributed by atoms with Gasteiger partial charge < -0.3 is 25.7 Å². The first-order chi connectivity index (χ1) is 12.1. The quantitative estimate of drug-likeness (QED) is 0.495. The first-order valence-corrected chi connectivity index (χ1v) is 8.20. The first kappa shape index (κ1) is 18.4. The number of hydrogen-bond acceptors (Lipinski definition) is 3. The van der Waals surface area contributed by atoms with Crippen LogP contribution in [0.15, 0.2) is 47.7 Å². The molecule has 25 heavy (non-hydrogen) atoms. The summed E-state index contributed by atoms with van der Waals surface area (Å²) in [6, 6.07) is 9.57. The van der Waals surface area contributed by atoms with Crippen LogP contribution in [0.3, 0.4) is 0 Å². The lowest BCUT2D eigenvalue weighted by Gasteiger charge is -2.12. The van der Waals surface area contributed by atoms with Crippen LogP contribution in [-0.4, -0.2) is 29.6 Å². The van der Waals surface area contributed by atoms with Gasteiger partial charge in [0.25, 0.3) is 5.91 Å². The van der Waals surface area contributed by atoms with Crippen molar-refractivity contribution in [1.82, 2.24) is 15.2 Å². The van der Waals surface area contributed by atoms with Crippen LogP contribution in [0, 0.1) is 0 Å². The van der Waals surface area contributed by atoms with Crippen molar-refractivity contribution in [1.29, 1.82) is 0 Å². The molecule has 1 amide bonds. The zero-order valence-corrected chi connectivity index (χ0v) is 14.7. The first-order valence-electron chi connectivity index (χ1n) is 8.20. The van der Waals surface area contributed by atoms with Gasteiger partial charge in [0, 0.05) is 32.5 Å². The monoisotopic (exact) mass is 343 g/mol. The summed E-state index contributed by atoms with van der Waals surface area (Å²) in [5, 5.41) is 6.52. The molecule has 4 N–H and O–H groups in total. The van der Waals surface area contributed by atoms with Crippen molar-refractivity contribution in [3.8, 4) is 5.75 Å². The molecule has 0 saturated carbocycles. The number of rotatable bonds is 8. The van der Waals surface area contributed by atoms with E-state index in [1.165, 1.54) is 0 Å². The molecule has 7 nitrogen and oxygen atoms in total. The molecule has 1 heterocycles. The number of benzene rings is 1. The largest absolute Gasteiger partial charge is 0.484 e. The molecule has 134 valence electrons. The highest BCUT2D eigenvalue weighted by atomic mass is 16.5. The van der Waals surface area contributed by atoms with Gasteiger partial charge in [-0.05, 0) is 36.2 Å². The fraction of sp³-hybridized carbons (Fsp3) is 0.333. The van der Waals surface area contributed by atoms with Crippen LogP contribution in [0.1, 0.15) is 18.1 Å². The van der Waals surface area contributed by atoms with Crippen LogP contribution >= 0.6 is 0 Å². The fourth-order valence-electron chi connectivity index (χ4n) is 2.25. The molecular formula is C18H25N5O2. The highest BCUT2D eigenvalue weighted by Crippen LogP contribution is 2.13. The maximum Gasteiger partial charge on any atom is 0.255 e. The van der Waals surface area contributed by atoms with E-state index in [0.29, 0.717) is 18.8 Å². The second-order valence-corrected chi connectivity index (χ2v) is 5.64. The number of nitrogens with one attached hydrogen (secondary N) is 2. The highest BCUT2D eigenvalue weighted by molar-refractivity contribution is 5.79. The van der Waals surface area contributed by atoms with E-state index in [0.717, 1.165) is 23.6 Å². The van der Waals surface area contributed by atoms with Gasteiger partial charge in [0.05, 0.1) is 6.54 Å². The Morgan fingerprint density at radius 1 is 1.28 bits per heavy atom. The van der Waals surface area contributed by atoms with E-state index in [9.17, 15) is 4.79 Å². The molecule has 0 unspecified atom stereocenters. The second-order valence-electron chi connectivity index (χ2n) is 5.64. The highest BCUT2D eigenvalue weighted by Gasteiger charge is 2.02. The van der Waals surface area contributed by atoms with Crippen LogP contribution in [-0.2, 0) is 24.9 Å². The molecular weight excluding hydrogens is 318 g/mol. The van der Waals surface area contributed by atoms with Crippen molar-refractivity contribution < 1.29 is 9.53 Å². The Morgan fingerprint density at radius 2 is 2.12 bits per heavy atom. The van der Waals surface area contributed by atoms with Crippen molar-refractivity contribution >= 4 is 11.9 Å². The normalized spacial score (nSPS) is 11.2. The lowest BCUT2D eigenvalue weighted by atomic mass is 10.2. The molecule has 2 rings (SSSR count). The Kier molecular flexibility index (Phi) is 6.88. The van der Waals surface area contributed by atoms with Gasteiger partial charge in [-0.25, -0.2) is 4.99 Å². The third-order valence-corrected chi connectivity index (χ3v) is 3.40. The van der Waals surface area contributed by atoms with Crippen LogP contribution in [0.25, 0.3) is 0 Å². The van der Waals surface area contributed by atoms with Crippen molar-refractivity contribution in [3.63, 3.8) is 0 Å². The number of amides is 1. The number of nitrogens with zero attached hydrogens (tertiary/aromatic N) is 2. The number of nitrogens with two attached hydrogens (primary N) is 1. The summed E-state index contributed by atoms with van der Waals surface area (Å²) in [5.74, 6) is 0.866. The van der Waals surface area contributed by atoms with Gasteiger partial charge in [-0.2, -0.15) is 0 Å². The molecule has 0 aliphatic rings. The van der Waals surface area contributed by atoms with Gasteiger partial charge in [0.2, 0.25) is 0 Å². The van der Waals surface area contributed by atoms with Crippen molar-refractivity contribution in [2.75, 3.05) is 13.2 Å². The molecule has 1 aromatic carbocycles. The van der Waals surface area contributed by atoms with E-state index in [-0.39, 0.29) is 6.61 Å². The summed E-state index contributed by atoms with van der Waals surface area (Å²) in [5.41, 5.74) is 7.27. The number of hydrogen-bond donors (Lipinski definition) is 3. The molecule has 7 heteroatoms. The number of ether oxygens (including phenoxy) is 1. The minimum atomic E-state index is -0.494. The Labute approximate surface area is 147 Å². The summed E-state index contributed by atoms with van der Waals surface area (Å²) >= 11 is 0. The molecule has 0 atom stereocenters. The summed E-state index contributed by atoms with van der Waals surface area (Å²) in [6.07, 6.45) is 4.05. The van der Waals surface area contributed by atoms with E-state index in [4.69, 9.17) is 10.5 Å². The maximum absolute atomic E-state index is 10.8. The third kappa shape index (κ3) is 6.58. The zero-order valence-electron chi connectivity index (χ0n) is 14.7. The maximum atomic E-state index is 10.8. The average Bonchev–Trinajstić information content (AvgIpc) is 3.01. The molecule has 1 aromatic heterocycles. The number of aryl methyl sites for hydroxylation is 1.